The average Bonchev–Trinajstić information content (AvgIpc) is 2.38. The molecular weight excluding hydrogens is 235 g/mol. The van der Waals surface area contributed by atoms with E-state index in [1.165, 1.54) is 12.1 Å². The van der Waals surface area contributed by atoms with Gasteiger partial charge in [0.15, 0.2) is 0 Å². The van der Waals surface area contributed by atoms with Crippen LogP contribution < -0.4 is 4.90 Å². The lowest BCUT2D eigenvalue weighted by molar-refractivity contribution is -0.385. The van der Waals surface area contributed by atoms with Gasteiger partial charge in [0.2, 0.25) is 0 Å². The Balaban J connectivity index is 2.42. The van der Waals surface area contributed by atoms with Gasteiger partial charge in [-0.05, 0) is 18.2 Å². The summed E-state index contributed by atoms with van der Waals surface area (Å²) < 4.78 is 13.3. The summed E-state index contributed by atoms with van der Waals surface area (Å²) in [4.78, 5) is 11.8. The van der Waals surface area contributed by atoms with Gasteiger partial charge < -0.3 is 4.90 Å². The Morgan fingerprint density at radius 2 is 1.78 bits per heavy atom. The highest BCUT2D eigenvalue weighted by Gasteiger charge is 2.12. The summed E-state index contributed by atoms with van der Waals surface area (Å²) in [7, 11) is 1.73. The van der Waals surface area contributed by atoms with Crippen molar-refractivity contribution in [3.63, 3.8) is 0 Å². The predicted octanol–water partition coefficient (Wildman–Crippen LogP) is 3.50. The van der Waals surface area contributed by atoms with Crippen LogP contribution in [0, 0.1) is 15.9 Å². The number of rotatable bonds is 3. The zero-order valence-corrected chi connectivity index (χ0v) is 9.71. The van der Waals surface area contributed by atoms with Gasteiger partial charge >= 0.3 is 0 Å². The Morgan fingerprint density at radius 3 is 2.39 bits per heavy atom. The molecule has 0 fully saturated rings. The fraction of sp³-hybridized carbons (Fsp3) is 0.0769. The molecule has 0 N–H and O–H groups in total. The maximum Gasteiger partial charge on any atom is 0.274 e. The number of nitrogens with zero attached hydrogens (tertiary/aromatic N) is 2. The molecule has 0 heterocycles. The zero-order chi connectivity index (χ0) is 13.1. The molecule has 4 nitrogen and oxygen atoms in total. The Hall–Kier alpha value is -2.43. The van der Waals surface area contributed by atoms with E-state index in [9.17, 15) is 14.5 Å². The van der Waals surface area contributed by atoms with E-state index < -0.39 is 10.7 Å². The van der Waals surface area contributed by atoms with Crippen LogP contribution in [0.25, 0.3) is 0 Å². The third kappa shape index (κ3) is 2.45. The number of para-hydroxylation sites is 1. The van der Waals surface area contributed by atoms with E-state index in [1.54, 1.807) is 11.9 Å². The molecule has 2 rings (SSSR count). The Morgan fingerprint density at radius 1 is 1.11 bits per heavy atom. The molecule has 0 amide bonds. The first-order chi connectivity index (χ1) is 8.58. The Bertz CT molecular complexity index is 572. The van der Waals surface area contributed by atoms with Crippen molar-refractivity contribution in [1.82, 2.24) is 0 Å². The smallest absolute Gasteiger partial charge is 0.274 e. The second-order valence-corrected chi connectivity index (χ2v) is 3.82. The van der Waals surface area contributed by atoms with Crippen LogP contribution in [0.2, 0.25) is 0 Å². The minimum absolute atomic E-state index is 0.257. The zero-order valence-electron chi connectivity index (χ0n) is 9.71. The largest absolute Gasteiger partial charge is 0.344 e. The molecule has 0 saturated carbocycles. The number of hydrogen-bond donors (Lipinski definition) is 0. The van der Waals surface area contributed by atoms with Crippen molar-refractivity contribution in [2.24, 2.45) is 0 Å². The van der Waals surface area contributed by atoms with Crippen molar-refractivity contribution < 1.29 is 9.31 Å². The quantitative estimate of drug-likeness (QED) is 0.615. The van der Waals surface area contributed by atoms with Crippen LogP contribution in [0.3, 0.4) is 0 Å². The van der Waals surface area contributed by atoms with Crippen LogP contribution in [0.4, 0.5) is 21.5 Å². The van der Waals surface area contributed by atoms with Gasteiger partial charge in [-0.2, -0.15) is 0 Å². The van der Waals surface area contributed by atoms with Crippen molar-refractivity contribution >= 4 is 17.1 Å². The van der Waals surface area contributed by atoms with Crippen molar-refractivity contribution in [2.45, 2.75) is 0 Å². The molecule has 0 aromatic heterocycles. The van der Waals surface area contributed by atoms with Crippen molar-refractivity contribution in [1.29, 1.82) is 0 Å². The van der Waals surface area contributed by atoms with Crippen LogP contribution >= 0.6 is 0 Å². The number of nitro benzene ring substituents is 1. The molecule has 2 aromatic rings. The second-order valence-electron chi connectivity index (χ2n) is 3.82. The molecule has 0 saturated heterocycles. The highest BCUT2D eigenvalue weighted by Crippen LogP contribution is 2.27. The summed E-state index contributed by atoms with van der Waals surface area (Å²) >= 11 is 0. The van der Waals surface area contributed by atoms with Crippen molar-refractivity contribution in [2.75, 3.05) is 11.9 Å². The van der Waals surface area contributed by atoms with Gasteiger partial charge in [0.25, 0.3) is 5.69 Å². The highest BCUT2D eigenvalue weighted by atomic mass is 19.1. The Kier molecular flexibility index (Phi) is 3.23. The van der Waals surface area contributed by atoms with E-state index in [1.807, 2.05) is 30.3 Å². The number of halogens is 1. The van der Waals surface area contributed by atoms with Gasteiger partial charge in [-0.25, -0.2) is 4.39 Å². The van der Waals surface area contributed by atoms with E-state index in [0.717, 1.165) is 11.8 Å². The molecule has 0 atom stereocenters. The van der Waals surface area contributed by atoms with E-state index in [4.69, 9.17) is 0 Å². The lowest BCUT2D eigenvalue weighted by Crippen LogP contribution is -2.09. The summed E-state index contributed by atoms with van der Waals surface area (Å²) in [6, 6.07) is 12.8. The summed E-state index contributed by atoms with van der Waals surface area (Å²) in [6.07, 6.45) is 0. The molecule has 0 spiro atoms. The second kappa shape index (κ2) is 4.83. The molecule has 18 heavy (non-hydrogen) atoms. The lowest BCUT2D eigenvalue weighted by atomic mass is 10.2. The van der Waals surface area contributed by atoms with E-state index >= 15 is 0 Å². The third-order valence-corrected chi connectivity index (χ3v) is 2.61. The number of benzene rings is 2. The van der Waals surface area contributed by atoms with Gasteiger partial charge in [-0.15, -0.1) is 0 Å². The maximum atomic E-state index is 13.3. The third-order valence-electron chi connectivity index (χ3n) is 2.61. The molecule has 92 valence electrons. The van der Waals surface area contributed by atoms with E-state index in [-0.39, 0.29) is 5.69 Å². The maximum absolute atomic E-state index is 13.3. The number of non-ortho nitro benzene ring substituents is 1. The molecule has 5 heteroatoms. The molecule has 0 aliphatic rings. The SMILES string of the molecule is CN(c1ccccc1)c1cc(F)cc([N+](=O)[O-])c1. The molecule has 0 radical (unpaired) electrons. The fourth-order valence-electron chi connectivity index (χ4n) is 1.66. The van der Waals surface area contributed by atoms with Gasteiger partial charge in [-0.1, -0.05) is 18.2 Å². The lowest BCUT2D eigenvalue weighted by Gasteiger charge is -2.19. The van der Waals surface area contributed by atoms with Crippen molar-refractivity contribution in [3.05, 3.63) is 64.5 Å². The molecule has 2 aromatic carbocycles. The first kappa shape index (κ1) is 12.0. The molecule has 0 aliphatic carbocycles. The fourth-order valence-corrected chi connectivity index (χ4v) is 1.66. The molecule has 0 unspecified atom stereocenters. The topological polar surface area (TPSA) is 46.4 Å². The minimum Gasteiger partial charge on any atom is -0.344 e. The van der Waals surface area contributed by atoms with E-state index in [0.29, 0.717) is 5.69 Å². The van der Waals surface area contributed by atoms with Crippen molar-refractivity contribution in [3.8, 4) is 0 Å². The minimum atomic E-state index is -0.623. The van der Waals surface area contributed by atoms with Crippen LogP contribution in [-0.4, -0.2) is 12.0 Å². The molecular formula is C13H11FN2O2. The monoisotopic (exact) mass is 246 g/mol. The first-order valence-corrected chi connectivity index (χ1v) is 5.31. The number of anilines is 2. The summed E-state index contributed by atoms with van der Waals surface area (Å²) in [5.74, 6) is -0.623. The summed E-state index contributed by atoms with van der Waals surface area (Å²) in [6.45, 7) is 0. The number of hydrogen-bond acceptors (Lipinski definition) is 3. The first-order valence-electron chi connectivity index (χ1n) is 5.31. The Labute approximate surface area is 103 Å². The van der Waals surface area contributed by atoms with Crippen LogP contribution in [0.15, 0.2) is 48.5 Å². The standard InChI is InChI=1S/C13H11FN2O2/c1-15(11-5-3-2-4-6-11)12-7-10(14)8-13(9-12)16(17)18/h2-9H,1H3. The van der Waals surface area contributed by atoms with Gasteiger partial charge in [-0.3, -0.25) is 10.1 Å². The summed E-state index contributed by atoms with van der Waals surface area (Å²) in [5, 5.41) is 10.7. The van der Waals surface area contributed by atoms with Gasteiger partial charge in [0.1, 0.15) is 5.82 Å². The predicted molar refractivity (Wildman–Crippen MR) is 67.6 cm³/mol. The molecule has 0 bridgehead atoms. The summed E-state index contributed by atoms with van der Waals surface area (Å²) in [5.41, 5.74) is 1.01. The normalized spacial score (nSPS) is 10.1. The van der Waals surface area contributed by atoms with E-state index in [2.05, 4.69) is 0 Å². The van der Waals surface area contributed by atoms with Crippen LogP contribution in [0.5, 0.6) is 0 Å². The van der Waals surface area contributed by atoms with Gasteiger partial charge in [0.05, 0.1) is 16.7 Å². The van der Waals surface area contributed by atoms with Gasteiger partial charge in [0, 0.05) is 18.8 Å². The highest BCUT2D eigenvalue weighted by molar-refractivity contribution is 5.64. The van der Waals surface area contributed by atoms with Crippen LogP contribution in [-0.2, 0) is 0 Å². The average molecular weight is 246 g/mol. The van der Waals surface area contributed by atoms with Crippen LogP contribution in [0.1, 0.15) is 0 Å². The number of nitro groups is 1. The molecule has 0 aliphatic heterocycles.